The molecule has 218 valence electrons. The lowest BCUT2D eigenvalue weighted by Crippen LogP contribution is -2.29. The summed E-state index contributed by atoms with van der Waals surface area (Å²) in [5.41, 5.74) is 1.27. The molecule has 2 heterocycles. The fourth-order valence-corrected chi connectivity index (χ4v) is 5.27. The highest BCUT2D eigenvalue weighted by atomic mass is 16.5. The van der Waals surface area contributed by atoms with E-state index in [-0.39, 0.29) is 56.3 Å². The zero-order valence-corrected chi connectivity index (χ0v) is 23.0. The van der Waals surface area contributed by atoms with E-state index in [4.69, 9.17) is 9.47 Å². The first-order valence-corrected chi connectivity index (χ1v) is 12.9. The molecule has 4 amide bonds. The number of carboxylic acids is 2. The first-order valence-electron chi connectivity index (χ1n) is 12.9. The van der Waals surface area contributed by atoms with Gasteiger partial charge in [0.25, 0.3) is 23.6 Å². The van der Waals surface area contributed by atoms with Gasteiger partial charge in [0.05, 0.1) is 59.0 Å². The molecule has 2 aliphatic heterocycles. The van der Waals surface area contributed by atoms with Gasteiger partial charge in [-0.1, -0.05) is 12.1 Å². The van der Waals surface area contributed by atoms with E-state index >= 15 is 0 Å². The summed E-state index contributed by atoms with van der Waals surface area (Å²) in [6.07, 6.45) is 0. The van der Waals surface area contributed by atoms with Crippen molar-refractivity contribution in [2.45, 2.75) is 0 Å². The standard InChI is InChI=1S/C32H20N2O10/c1-43-25-13-15(5-9-23(25)33-27(35)19-7-3-17(31(39)40)11-21(19)29(33)37)16-6-10-24(26(14-16)44-2)34-28(36)20-8-4-18(32(41)42)12-22(20)30(34)38/h3-14H,1-2H3,(H,39,40)(H,41,42). The highest BCUT2D eigenvalue weighted by Gasteiger charge is 2.40. The highest BCUT2D eigenvalue weighted by Crippen LogP contribution is 2.41. The van der Waals surface area contributed by atoms with Crippen molar-refractivity contribution < 1.29 is 48.5 Å². The van der Waals surface area contributed by atoms with Crippen LogP contribution in [0.1, 0.15) is 62.1 Å². The number of anilines is 2. The van der Waals surface area contributed by atoms with E-state index in [1.807, 2.05) is 0 Å². The molecule has 12 nitrogen and oxygen atoms in total. The molecule has 0 saturated carbocycles. The molecule has 2 N–H and O–H groups in total. The second-order valence-corrected chi connectivity index (χ2v) is 9.80. The molecule has 0 saturated heterocycles. The summed E-state index contributed by atoms with van der Waals surface area (Å²) in [6.45, 7) is 0. The summed E-state index contributed by atoms with van der Waals surface area (Å²) in [5.74, 6) is -4.76. The number of amides is 4. The maximum absolute atomic E-state index is 13.2. The zero-order chi connectivity index (χ0) is 31.4. The van der Waals surface area contributed by atoms with Crippen LogP contribution in [0.4, 0.5) is 11.4 Å². The number of ether oxygens (including phenoxy) is 2. The number of nitrogens with zero attached hydrogens (tertiary/aromatic N) is 2. The topological polar surface area (TPSA) is 168 Å². The third kappa shape index (κ3) is 4.16. The fourth-order valence-electron chi connectivity index (χ4n) is 5.27. The summed E-state index contributed by atoms with van der Waals surface area (Å²) in [5, 5.41) is 18.6. The normalized spacial score (nSPS) is 13.7. The number of rotatable bonds is 7. The number of hydrogen-bond acceptors (Lipinski definition) is 8. The van der Waals surface area contributed by atoms with Gasteiger partial charge in [-0.2, -0.15) is 0 Å². The lowest BCUT2D eigenvalue weighted by atomic mass is 10.0. The van der Waals surface area contributed by atoms with Crippen LogP contribution in [0, 0.1) is 0 Å². The summed E-state index contributed by atoms with van der Waals surface area (Å²) in [4.78, 5) is 77.3. The van der Waals surface area contributed by atoms with Gasteiger partial charge in [0.15, 0.2) is 0 Å². The molecule has 4 aromatic rings. The van der Waals surface area contributed by atoms with Gasteiger partial charge in [0.2, 0.25) is 0 Å². The number of benzene rings is 4. The first kappa shape index (κ1) is 27.8. The minimum absolute atomic E-state index is 0.0336. The van der Waals surface area contributed by atoms with E-state index in [0.717, 1.165) is 21.9 Å². The second-order valence-electron chi connectivity index (χ2n) is 9.80. The molecular formula is C32H20N2O10. The predicted molar refractivity (Wildman–Crippen MR) is 154 cm³/mol. The van der Waals surface area contributed by atoms with Crippen molar-refractivity contribution >= 4 is 46.9 Å². The zero-order valence-electron chi connectivity index (χ0n) is 23.0. The number of imide groups is 2. The molecule has 6 rings (SSSR count). The molecule has 4 aromatic carbocycles. The fraction of sp³-hybridized carbons (Fsp3) is 0.0625. The second kappa shape index (κ2) is 10.2. The van der Waals surface area contributed by atoms with E-state index in [1.54, 1.807) is 24.3 Å². The van der Waals surface area contributed by atoms with E-state index in [1.165, 1.54) is 50.6 Å². The molecular weight excluding hydrogens is 572 g/mol. The average molecular weight is 593 g/mol. The molecule has 0 spiro atoms. The third-order valence-electron chi connectivity index (χ3n) is 7.44. The highest BCUT2D eigenvalue weighted by molar-refractivity contribution is 6.36. The molecule has 0 bridgehead atoms. The van der Waals surface area contributed by atoms with Crippen molar-refractivity contribution in [3.05, 3.63) is 106 Å². The molecule has 0 radical (unpaired) electrons. The molecule has 0 unspecified atom stereocenters. The number of hydrogen-bond donors (Lipinski definition) is 2. The van der Waals surface area contributed by atoms with Crippen LogP contribution < -0.4 is 19.3 Å². The van der Waals surface area contributed by atoms with E-state index in [9.17, 15) is 39.0 Å². The molecule has 0 aromatic heterocycles. The van der Waals surface area contributed by atoms with Gasteiger partial charge in [-0.3, -0.25) is 19.2 Å². The minimum Gasteiger partial charge on any atom is -0.495 e. The van der Waals surface area contributed by atoms with Gasteiger partial charge in [-0.25, -0.2) is 19.4 Å². The van der Waals surface area contributed by atoms with Crippen LogP contribution >= 0.6 is 0 Å². The summed E-state index contributed by atoms with van der Waals surface area (Å²) < 4.78 is 11.0. The number of carbonyl (C=O) groups is 6. The van der Waals surface area contributed by atoms with Crippen molar-refractivity contribution in [2.24, 2.45) is 0 Å². The molecule has 12 heteroatoms. The number of carboxylic acid groups (broad SMARTS) is 2. The van der Waals surface area contributed by atoms with Crippen LogP contribution in [0.15, 0.2) is 72.8 Å². The van der Waals surface area contributed by atoms with Crippen LogP contribution in [0.5, 0.6) is 11.5 Å². The van der Waals surface area contributed by atoms with Crippen molar-refractivity contribution in [1.29, 1.82) is 0 Å². The van der Waals surface area contributed by atoms with Crippen LogP contribution in [0.3, 0.4) is 0 Å². The Hall–Kier alpha value is -6.30. The Morgan fingerprint density at radius 1 is 0.523 bits per heavy atom. The Morgan fingerprint density at radius 2 is 0.886 bits per heavy atom. The number of fused-ring (bicyclic) bond motifs is 2. The Balaban J connectivity index is 1.34. The van der Waals surface area contributed by atoms with Crippen molar-refractivity contribution in [1.82, 2.24) is 0 Å². The Bertz CT molecular complexity index is 1850. The maximum atomic E-state index is 13.2. The van der Waals surface area contributed by atoms with Gasteiger partial charge in [0, 0.05) is 0 Å². The summed E-state index contributed by atoms with van der Waals surface area (Å²) in [7, 11) is 2.73. The SMILES string of the molecule is COc1cc(-c2ccc(N3C(=O)c4ccc(C(=O)O)cc4C3=O)c(OC)c2)ccc1N1C(=O)c2ccc(C(=O)O)cc2C1=O. The molecule has 44 heavy (non-hydrogen) atoms. The lowest BCUT2D eigenvalue weighted by Gasteiger charge is -2.20. The van der Waals surface area contributed by atoms with Gasteiger partial charge in [-0.05, 0) is 71.8 Å². The summed E-state index contributed by atoms with van der Waals surface area (Å²) >= 11 is 0. The predicted octanol–water partition coefficient (Wildman–Crippen LogP) is 4.37. The summed E-state index contributed by atoms with van der Waals surface area (Å²) in [6, 6.07) is 16.9. The average Bonchev–Trinajstić information content (AvgIpc) is 3.43. The van der Waals surface area contributed by atoms with Gasteiger partial charge < -0.3 is 19.7 Å². The lowest BCUT2D eigenvalue weighted by molar-refractivity contribution is 0.0686. The first-order chi connectivity index (χ1) is 21.0. The molecule has 0 aliphatic carbocycles. The Morgan fingerprint density at radius 3 is 1.23 bits per heavy atom. The maximum Gasteiger partial charge on any atom is 0.335 e. The number of methoxy groups -OCH3 is 2. The van der Waals surface area contributed by atoms with Crippen LogP contribution in [0.2, 0.25) is 0 Å². The smallest absolute Gasteiger partial charge is 0.335 e. The minimum atomic E-state index is -1.23. The number of aromatic carboxylic acids is 2. The van der Waals surface area contributed by atoms with Gasteiger partial charge in [-0.15, -0.1) is 0 Å². The van der Waals surface area contributed by atoms with Crippen molar-refractivity contribution in [3.63, 3.8) is 0 Å². The number of carbonyl (C=O) groups excluding carboxylic acids is 4. The monoisotopic (exact) mass is 592 g/mol. The largest absolute Gasteiger partial charge is 0.495 e. The Labute approximate surface area is 248 Å². The quantitative estimate of drug-likeness (QED) is 0.294. The van der Waals surface area contributed by atoms with Crippen molar-refractivity contribution in [3.8, 4) is 22.6 Å². The van der Waals surface area contributed by atoms with Gasteiger partial charge >= 0.3 is 11.9 Å². The van der Waals surface area contributed by atoms with Crippen molar-refractivity contribution in [2.75, 3.05) is 24.0 Å². The van der Waals surface area contributed by atoms with Crippen LogP contribution in [0.25, 0.3) is 11.1 Å². The third-order valence-corrected chi connectivity index (χ3v) is 7.44. The molecule has 0 atom stereocenters. The van der Waals surface area contributed by atoms with E-state index < -0.39 is 35.6 Å². The van der Waals surface area contributed by atoms with Crippen LogP contribution in [-0.2, 0) is 0 Å². The van der Waals surface area contributed by atoms with E-state index in [0.29, 0.717) is 11.1 Å². The molecule has 2 aliphatic rings. The van der Waals surface area contributed by atoms with Gasteiger partial charge in [0.1, 0.15) is 11.5 Å². The Kier molecular flexibility index (Phi) is 6.46. The van der Waals surface area contributed by atoms with Crippen LogP contribution in [-0.4, -0.2) is 60.0 Å². The van der Waals surface area contributed by atoms with E-state index in [2.05, 4.69) is 0 Å². The molecule has 0 fully saturated rings.